The van der Waals surface area contributed by atoms with Crippen LogP contribution in [0.25, 0.3) is 0 Å². The van der Waals surface area contributed by atoms with Gasteiger partial charge in [-0.2, -0.15) is 0 Å². The Morgan fingerprint density at radius 3 is 2.59 bits per heavy atom. The molecule has 22 heavy (non-hydrogen) atoms. The lowest BCUT2D eigenvalue weighted by Gasteiger charge is -2.45. The Balaban J connectivity index is 1.89. The number of ether oxygens (including phenoxy) is 1. The summed E-state index contributed by atoms with van der Waals surface area (Å²) in [6, 6.07) is 3.87. The number of hydrogen-bond acceptors (Lipinski definition) is 4. The summed E-state index contributed by atoms with van der Waals surface area (Å²) in [4.78, 5) is 6.83. The molecule has 0 aliphatic carbocycles. The van der Waals surface area contributed by atoms with E-state index < -0.39 is 5.60 Å². The quantitative estimate of drug-likeness (QED) is 0.928. The van der Waals surface area contributed by atoms with E-state index >= 15 is 0 Å². The van der Waals surface area contributed by atoms with E-state index in [1.807, 2.05) is 12.1 Å². The molecule has 2 aliphatic rings. The predicted octanol–water partition coefficient (Wildman–Crippen LogP) is 2.70. The van der Waals surface area contributed by atoms with Crippen LogP contribution in [-0.4, -0.2) is 53.9 Å². The van der Waals surface area contributed by atoms with Crippen LogP contribution >= 0.6 is 11.6 Å². The van der Waals surface area contributed by atoms with Gasteiger partial charge in [0, 0.05) is 44.1 Å². The van der Waals surface area contributed by atoms with Gasteiger partial charge >= 0.3 is 0 Å². The SMILES string of the molecule is CN1CCC(O)(C(c2ccc(Cl)cn2)C2CCOCC2)CC1. The largest absolute Gasteiger partial charge is 0.389 e. The van der Waals surface area contributed by atoms with Crippen LogP contribution in [0.5, 0.6) is 0 Å². The standard InChI is InChI=1S/C17H25ClN2O2/c1-20-8-6-17(21,7-9-20)16(13-4-10-22-11-5-13)15-3-2-14(18)12-19-15/h2-3,12-13,16,21H,4-11H2,1H3. The molecule has 1 N–H and O–H groups in total. The van der Waals surface area contributed by atoms with Crippen molar-refractivity contribution < 1.29 is 9.84 Å². The van der Waals surface area contributed by atoms with Gasteiger partial charge in [0.1, 0.15) is 0 Å². The molecule has 0 spiro atoms. The summed E-state index contributed by atoms with van der Waals surface area (Å²) >= 11 is 5.99. The van der Waals surface area contributed by atoms with Crippen LogP contribution in [0.15, 0.2) is 18.3 Å². The van der Waals surface area contributed by atoms with E-state index in [4.69, 9.17) is 16.3 Å². The third-order valence-electron chi connectivity index (χ3n) is 5.24. The van der Waals surface area contributed by atoms with Crippen molar-refractivity contribution in [2.45, 2.75) is 37.2 Å². The lowest BCUT2D eigenvalue weighted by atomic mass is 9.69. The Morgan fingerprint density at radius 2 is 2.00 bits per heavy atom. The third-order valence-corrected chi connectivity index (χ3v) is 5.46. The molecule has 2 aliphatic heterocycles. The number of hydrogen-bond donors (Lipinski definition) is 1. The molecule has 3 rings (SSSR count). The van der Waals surface area contributed by atoms with E-state index in [2.05, 4.69) is 16.9 Å². The minimum atomic E-state index is -0.671. The second-order valence-electron chi connectivity index (χ2n) is 6.74. The van der Waals surface area contributed by atoms with Crippen molar-refractivity contribution in [1.82, 2.24) is 9.88 Å². The highest BCUT2D eigenvalue weighted by atomic mass is 35.5. The summed E-state index contributed by atoms with van der Waals surface area (Å²) in [5.74, 6) is 0.498. The van der Waals surface area contributed by atoms with Crippen LogP contribution in [0, 0.1) is 5.92 Å². The summed E-state index contributed by atoms with van der Waals surface area (Å²) in [5.41, 5.74) is 0.304. The van der Waals surface area contributed by atoms with Gasteiger partial charge in [0.2, 0.25) is 0 Å². The van der Waals surface area contributed by atoms with Gasteiger partial charge in [-0.15, -0.1) is 0 Å². The van der Waals surface area contributed by atoms with E-state index in [-0.39, 0.29) is 5.92 Å². The van der Waals surface area contributed by atoms with Crippen molar-refractivity contribution in [3.8, 4) is 0 Å². The zero-order chi connectivity index (χ0) is 15.6. The van der Waals surface area contributed by atoms with Gasteiger partial charge in [-0.25, -0.2) is 0 Å². The van der Waals surface area contributed by atoms with Crippen LogP contribution in [0.3, 0.4) is 0 Å². The highest BCUT2D eigenvalue weighted by Crippen LogP contribution is 2.44. The van der Waals surface area contributed by atoms with Gasteiger partial charge in [-0.05, 0) is 50.8 Å². The van der Waals surface area contributed by atoms with Crippen LogP contribution in [0.1, 0.15) is 37.3 Å². The molecule has 0 saturated carbocycles. The van der Waals surface area contributed by atoms with Gasteiger partial charge in [-0.3, -0.25) is 4.98 Å². The van der Waals surface area contributed by atoms with E-state index in [0.29, 0.717) is 10.9 Å². The lowest BCUT2D eigenvalue weighted by molar-refractivity contribution is -0.0691. The minimum absolute atomic E-state index is 0.0716. The van der Waals surface area contributed by atoms with Crippen molar-refractivity contribution in [3.63, 3.8) is 0 Å². The summed E-state index contributed by atoms with van der Waals surface area (Å²) in [7, 11) is 2.11. The molecule has 0 bridgehead atoms. The second-order valence-corrected chi connectivity index (χ2v) is 7.17. The minimum Gasteiger partial charge on any atom is -0.389 e. The molecular weight excluding hydrogens is 300 g/mol. The van der Waals surface area contributed by atoms with Gasteiger partial charge in [0.25, 0.3) is 0 Å². The van der Waals surface area contributed by atoms with Crippen molar-refractivity contribution >= 4 is 11.6 Å². The maximum atomic E-state index is 11.4. The molecule has 4 nitrogen and oxygen atoms in total. The van der Waals surface area contributed by atoms with Crippen molar-refractivity contribution in [2.75, 3.05) is 33.4 Å². The van der Waals surface area contributed by atoms with Gasteiger partial charge in [0.05, 0.1) is 10.6 Å². The first-order valence-electron chi connectivity index (χ1n) is 8.19. The fourth-order valence-corrected chi connectivity index (χ4v) is 4.00. The van der Waals surface area contributed by atoms with E-state index in [0.717, 1.165) is 57.7 Å². The predicted molar refractivity (Wildman–Crippen MR) is 87.2 cm³/mol. The molecule has 2 fully saturated rings. The monoisotopic (exact) mass is 324 g/mol. The van der Waals surface area contributed by atoms with E-state index in [1.54, 1.807) is 6.20 Å². The van der Waals surface area contributed by atoms with Crippen LogP contribution in [-0.2, 0) is 4.74 Å². The van der Waals surface area contributed by atoms with Crippen LogP contribution in [0.4, 0.5) is 0 Å². The molecule has 1 aromatic heterocycles. The number of pyridine rings is 1. The second kappa shape index (κ2) is 6.83. The Hall–Kier alpha value is -0.680. The van der Waals surface area contributed by atoms with Crippen LogP contribution < -0.4 is 0 Å². The summed E-state index contributed by atoms with van der Waals surface area (Å²) in [6.45, 7) is 3.43. The fraction of sp³-hybridized carbons (Fsp3) is 0.706. The zero-order valence-electron chi connectivity index (χ0n) is 13.2. The van der Waals surface area contributed by atoms with Crippen molar-refractivity contribution in [2.24, 2.45) is 5.92 Å². The molecule has 0 aromatic carbocycles. The van der Waals surface area contributed by atoms with Gasteiger partial charge < -0.3 is 14.7 Å². The van der Waals surface area contributed by atoms with Crippen molar-refractivity contribution in [3.05, 3.63) is 29.0 Å². The molecule has 5 heteroatoms. The molecule has 122 valence electrons. The molecule has 1 unspecified atom stereocenters. The average molecular weight is 325 g/mol. The highest BCUT2D eigenvalue weighted by molar-refractivity contribution is 6.30. The molecule has 3 heterocycles. The fourth-order valence-electron chi connectivity index (χ4n) is 3.89. The normalized spacial score (nSPS) is 25.0. The summed E-state index contributed by atoms with van der Waals surface area (Å²) in [6.07, 6.45) is 5.29. The van der Waals surface area contributed by atoms with Gasteiger partial charge in [-0.1, -0.05) is 11.6 Å². The topological polar surface area (TPSA) is 45.6 Å². The van der Waals surface area contributed by atoms with Crippen LogP contribution in [0.2, 0.25) is 5.02 Å². The Bertz CT molecular complexity index is 480. The smallest absolute Gasteiger partial charge is 0.0758 e. The summed E-state index contributed by atoms with van der Waals surface area (Å²) in [5, 5.41) is 12.0. The summed E-state index contributed by atoms with van der Waals surface area (Å²) < 4.78 is 5.51. The first kappa shape index (κ1) is 16.2. The molecule has 0 radical (unpaired) electrons. The number of piperidine rings is 1. The van der Waals surface area contributed by atoms with Crippen molar-refractivity contribution in [1.29, 1.82) is 0 Å². The molecule has 0 amide bonds. The number of halogens is 1. The van der Waals surface area contributed by atoms with Gasteiger partial charge in [0.15, 0.2) is 0 Å². The highest BCUT2D eigenvalue weighted by Gasteiger charge is 2.44. The Labute approximate surface area is 137 Å². The lowest BCUT2D eigenvalue weighted by Crippen LogP contribution is -2.49. The Kier molecular flexibility index (Phi) is 5.03. The zero-order valence-corrected chi connectivity index (χ0v) is 13.9. The van der Waals surface area contributed by atoms with E-state index in [9.17, 15) is 5.11 Å². The maximum Gasteiger partial charge on any atom is 0.0758 e. The van der Waals surface area contributed by atoms with E-state index in [1.165, 1.54) is 0 Å². The average Bonchev–Trinajstić information content (AvgIpc) is 2.54. The molecule has 1 atom stereocenters. The molecular formula is C17H25ClN2O2. The number of aromatic nitrogens is 1. The number of aliphatic hydroxyl groups is 1. The first-order valence-corrected chi connectivity index (χ1v) is 8.56. The molecule has 1 aromatic rings. The third kappa shape index (κ3) is 3.46. The number of nitrogens with zero attached hydrogens (tertiary/aromatic N) is 2. The molecule has 2 saturated heterocycles. The Morgan fingerprint density at radius 1 is 1.32 bits per heavy atom. The number of rotatable bonds is 3. The first-order chi connectivity index (χ1) is 10.6. The number of likely N-dealkylation sites (tertiary alicyclic amines) is 1. The maximum absolute atomic E-state index is 11.4.